The zero-order valence-electron chi connectivity index (χ0n) is 15.2. The van der Waals surface area contributed by atoms with Gasteiger partial charge in [-0.3, -0.25) is 14.4 Å². The molecule has 0 spiro atoms. The molecule has 2 N–H and O–H groups in total. The molecule has 0 unspecified atom stereocenters. The molecule has 0 saturated heterocycles. The van der Waals surface area contributed by atoms with E-state index < -0.39 is 0 Å². The number of furan rings is 1. The molecule has 1 aromatic heterocycles. The summed E-state index contributed by atoms with van der Waals surface area (Å²) >= 11 is 0. The van der Waals surface area contributed by atoms with E-state index in [4.69, 9.17) is 4.42 Å². The Bertz CT molecular complexity index is 795. The van der Waals surface area contributed by atoms with Crippen LogP contribution in [0.4, 0.5) is 0 Å². The number of benzene rings is 1. The van der Waals surface area contributed by atoms with Crippen molar-refractivity contribution in [2.24, 2.45) is 0 Å². The maximum absolute atomic E-state index is 12.2. The average molecular weight is 369 g/mol. The molecule has 2 aromatic rings. The second-order valence-electron chi connectivity index (χ2n) is 6.68. The van der Waals surface area contributed by atoms with Gasteiger partial charge in [-0.05, 0) is 42.7 Å². The fraction of sp³-hybridized carbons (Fsp3) is 0.350. The first-order chi connectivity index (χ1) is 13.0. The van der Waals surface area contributed by atoms with Crippen molar-refractivity contribution in [1.82, 2.24) is 15.5 Å². The maximum Gasteiger partial charge on any atom is 0.286 e. The lowest BCUT2D eigenvalue weighted by atomic mass is 10.1. The molecule has 1 fully saturated rings. The minimum Gasteiger partial charge on any atom is -0.459 e. The molecule has 1 aromatic carbocycles. The summed E-state index contributed by atoms with van der Waals surface area (Å²) in [4.78, 5) is 37.5. The number of nitrogens with zero attached hydrogens (tertiary/aromatic N) is 1. The van der Waals surface area contributed by atoms with Crippen molar-refractivity contribution in [2.75, 3.05) is 13.6 Å². The molecule has 0 atom stereocenters. The van der Waals surface area contributed by atoms with Crippen LogP contribution in [0.2, 0.25) is 0 Å². The maximum atomic E-state index is 12.2. The molecule has 0 radical (unpaired) electrons. The molecular formula is C20H23N3O4. The van der Waals surface area contributed by atoms with Crippen LogP contribution in [0.1, 0.15) is 45.7 Å². The minimum absolute atomic E-state index is 0.0548. The van der Waals surface area contributed by atoms with Gasteiger partial charge in [-0.15, -0.1) is 0 Å². The fourth-order valence-corrected chi connectivity index (χ4v) is 2.59. The van der Waals surface area contributed by atoms with Gasteiger partial charge in [-0.25, -0.2) is 0 Å². The van der Waals surface area contributed by atoms with E-state index in [0.29, 0.717) is 18.2 Å². The summed E-state index contributed by atoms with van der Waals surface area (Å²) in [6.45, 7) is 0.679. The second kappa shape index (κ2) is 8.53. The Hall–Kier alpha value is -3.09. The topological polar surface area (TPSA) is 91.7 Å². The van der Waals surface area contributed by atoms with Gasteiger partial charge in [0.05, 0.1) is 6.26 Å². The van der Waals surface area contributed by atoms with Gasteiger partial charge in [0, 0.05) is 38.2 Å². The van der Waals surface area contributed by atoms with Gasteiger partial charge in [0.1, 0.15) is 0 Å². The van der Waals surface area contributed by atoms with Crippen molar-refractivity contribution in [3.8, 4) is 0 Å². The Morgan fingerprint density at radius 1 is 1.11 bits per heavy atom. The highest BCUT2D eigenvalue weighted by molar-refractivity contribution is 5.94. The van der Waals surface area contributed by atoms with E-state index >= 15 is 0 Å². The second-order valence-corrected chi connectivity index (χ2v) is 6.68. The first-order valence-electron chi connectivity index (χ1n) is 8.98. The third-order valence-electron chi connectivity index (χ3n) is 4.34. The van der Waals surface area contributed by atoms with Crippen molar-refractivity contribution in [2.45, 2.75) is 31.8 Å². The molecule has 0 aliphatic heterocycles. The van der Waals surface area contributed by atoms with Crippen LogP contribution in [0, 0.1) is 0 Å². The highest BCUT2D eigenvalue weighted by Gasteiger charge is 2.23. The summed E-state index contributed by atoms with van der Waals surface area (Å²) in [5.74, 6) is -0.247. The fourth-order valence-electron chi connectivity index (χ4n) is 2.59. The van der Waals surface area contributed by atoms with E-state index in [0.717, 1.165) is 18.4 Å². The average Bonchev–Trinajstić information content (AvgIpc) is 3.30. The Kier molecular flexibility index (Phi) is 5.90. The number of hydrogen-bond donors (Lipinski definition) is 2. The molecule has 0 bridgehead atoms. The van der Waals surface area contributed by atoms with Gasteiger partial charge in [-0.1, -0.05) is 12.1 Å². The monoisotopic (exact) mass is 369 g/mol. The summed E-state index contributed by atoms with van der Waals surface area (Å²) in [5.41, 5.74) is 1.56. The molecule has 1 saturated carbocycles. The van der Waals surface area contributed by atoms with E-state index in [1.807, 2.05) is 12.1 Å². The summed E-state index contributed by atoms with van der Waals surface area (Å²) < 4.78 is 4.99. The molecular weight excluding hydrogens is 346 g/mol. The Morgan fingerprint density at radius 2 is 1.85 bits per heavy atom. The van der Waals surface area contributed by atoms with Crippen molar-refractivity contribution in [1.29, 1.82) is 0 Å². The SMILES string of the molecule is CN(Cc1ccc(C(=O)NC2CC2)cc1)C(=O)CCNC(=O)c1ccco1. The molecule has 1 aliphatic carbocycles. The molecule has 3 amide bonds. The summed E-state index contributed by atoms with van der Waals surface area (Å²) in [6.07, 6.45) is 3.73. The van der Waals surface area contributed by atoms with Crippen LogP contribution in [0.5, 0.6) is 0 Å². The summed E-state index contributed by atoms with van der Waals surface area (Å²) in [7, 11) is 1.71. The smallest absolute Gasteiger partial charge is 0.286 e. The van der Waals surface area contributed by atoms with E-state index in [9.17, 15) is 14.4 Å². The largest absolute Gasteiger partial charge is 0.459 e. The highest BCUT2D eigenvalue weighted by Crippen LogP contribution is 2.19. The van der Waals surface area contributed by atoms with Crippen LogP contribution in [0.3, 0.4) is 0 Å². The Morgan fingerprint density at radius 3 is 2.48 bits per heavy atom. The minimum atomic E-state index is -0.337. The van der Waals surface area contributed by atoms with E-state index in [2.05, 4.69) is 10.6 Å². The van der Waals surface area contributed by atoms with Gasteiger partial charge in [0.15, 0.2) is 5.76 Å². The van der Waals surface area contributed by atoms with Gasteiger partial charge in [0.2, 0.25) is 5.91 Å². The Balaban J connectivity index is 1.42. The molecule has 7 nitrogen and oxygen atoms in total. The van der Waals surface area contributed by atoms with E-state index in [1.165, 1.54) is 6.26 Å². The number of nitrogens with one attached hydrogen (secondary N) is 2. The van der Waals surface area contributed by atoms with Gasteiger partial charge >= 0.3 is 0 Å². The molecule has 1 aliphatic rings. The number of amides is 3. The number of hydrogen-bond acceptors (Lipinski definition) is 4. The van der Waals surface area contributed by atoms with Crippen LogP contribution in [0.25, 0.3) is 0 Å². The molecule has 3 rings (SSSR count). The molecule has 142 valence electrons. The van der Waals surface area contributed by atoms with Crippen LogP contribution >= 0.6 is 0 Å². The quantitative estimate of drug-likeness (QED) is 0.744. The summed E-state index contributed by atoms with van der Waals surface area (Å²) in [6, 6.07) is 10.8. The molecule has 27 heavy (non-hydrogen) atoms. The Labute approximate surface area is 157 Å². The van der Waals surface area contributed by atoms with Crippen molar-refractivity contribution in [3.63, 3.8) is 0 Å². The zero-order chi connectivity index (χ0) is 19.2. The van der Waals surface area contributed by atoms with Crippen LogP contribution < -0.4 is 10.6 Å². The predicted molar refractivity (Wildman–Crippen MR) is 99.1 cm³/mol. The van der Waals surface area contributed by atoms with Crippen LogP contribution in [-0.2, 0) is 11.3 Å². The lowest BCUT2D eigenvalue weighted by molar-refractivity contribution is -0.130. The van der Waals surface area contributed by atoms with Crippen molar-refractivity contribution in [3.05, 3.63) is 59.5 Å². The van der Waals surface area contributed by atoms with Gasteiger partial charge in [0.25, 0.3) is 11.8 Å². The van der Waals surface area contributed by atoms with Crippen molar-refractivity contribution < 1.29 is 18.8 Å². The zero-order valence-corrected chi connectivity index (χ0v) is 15.2. The van der Waals surface area contributed by atoms with Gasteiger partial charge < -0.3 is 20.0 Å². The third-order valence-corrected chi connectivity index (χ3v) is 4.34. The molecule has 1 heterocycles. The lowest BCUT2D eigenvalue weighted by Crippen LogP contribution is -2.31. The molecule has 7 heteroatoms. The van der Waals surface area contributed by atoms with Crippen molar-refractivity contribution >= 4 is 17.7 Å². The first-order valence-corrected chi connectivity index (χ1v) is 8.98. The van der Waals surface area contributed by atoms with E-state index in [1.54, 1.807) is 36.2 Å². The number of rotatable bonds is 8. The van der Waals surface area contributed by atoms with Gasteiger partial charge in [-0.2, -0.15) is 0 Å². The van der Waals surface area contributed by atoms with Crippen LogP contribution in [0.15, 0.2) is 47.1 Å². The highest BCUT2D eigenvalue weighted by atomic mass is 16.3. The number of carbonyl (C=O) groups is 3. The standard InChI is InChI=1S/C20H23N3O4/c1-23(18(24)10-11-21-20(26)17-3-2-12-27-17)13-14-4-6-15(7-5-14)19(25)22-16-8-9-16/h2-7,12,16H,8-11,13H2,1H3,(H,21,26)(H,22,25). The third kappa shape index (κ3) is 5.44. The van der Waals surface area contributed by atoms with E-state index in [-0.39, 0.29) is 36.4 Å². The first kappa shape index (κ1) is 18.7. The normalized spacial score (nSPS) is 13.1. The predicted octanol–water partition coefficient (Wildman–Crippen LogP) is 1.95. The van der Waals surface area contributed by atoms with Crippen LogP contribution in [-0.4, -0.2) is 42.3 Å². The number of carbonyl (C=O) groups excluding carboxylic acids is 3. The lowest BCUT2D eigenvalue weighted by Gasteiger charge is -2.17. The summed E-state index contributed by atoms with van der Waals surface area (Å²) in [5, 5.41) is 5.60.